The molecule has 0 amide bonds. The van der Waals surface area contributed by atoms with Crippen molar-refractivity contribution in [3.63, 3.8) is 0 Å². The predicted octanol–water partition coefficient (Wildman–Crippen LogP) is 2.62. The SMILES string of the molecule is COc1cc(C(O)C2CCOC3(CCOC3)C2)ccc1C. The molecule has 116 valence electrons. The van der Waals surface area contributed by atoms with Crippen LogP contribution in [-0.2, 0) is 9.47 Å². The molecule has 2 saturated heterocycles. The second kappa shape index (κ2) is 5.95. The molecule has 2 aliphatic rings. The molecule has 2 aliphatic heterocycles. The quantitative estimate of drug-likeness (QED) is 0.930. The molecule has 3 unspecified atom stereocenters. The highest BCUT2D eigenvalue weighted by Crippen LogP contribution is 2.41. The summed E-state index contributed by atoms with van der Waals surface area (Å²) in [4.78, 5) is 0. The highest BCUT2D eigenvalue weighted by atomic mass is 16.6. The van der Waals surface area contributed by atoms with Gasteiger partial charge < -0.3 is 19.3 Å². The van der Waals surface area contributed by atoms with Crippen molar-refractivity contribution < 1.29 is 19.3 Å². The number of methoxy groups -OCH3 is 1. The third-order valence-corrected chi connectivity index (χ3v) is 4.82. The number of rotatable bonds is 3. The van der Waals surface area contributed by atoms with Gasteiger partial charge in [-0.05, 0) is 42.9 Å². The molecule has 1 aromatic rings. The maximum absolute atomic E-state index is 10.7. The Morgan fingerprint density at radius 1 is 1.38 bits per heavy atom. The summed E-state index contributed by atoms with van der Waals surface area (Å²) in [5.41, 5.74) is 1.85. The van der Waals surface area contributed by atoms with Crippen LogP contribution in [0.2, 0.25) is 0 Å². The van der Waals surface area contributed by atoms with Crippen LogP contribution in [0, 0.1) is 12.8 Å². The fourth-order valence-corrected chi connectivity index (χ4v) is 3.49. The first-order valence-electron chi connectivity index (χ1n) is 7.68. The zero-order valence-electron chi connectivity index (χ0n) is 12.8. The van der Waals surface area contributed by atoms with Crippen LogP contribution in [0.1, 0.15) is 36.5 Å². The first-order chi connectivity index (χ1) is 10.1. The zero-order valence-corrected chi connectivity index (χ0v) is 12.8. The van der Waals surface area contributed by atoms with Crippen LogP contribution in [0.15, 0.2) is 18.2 Å². The molecule has 0 aliphatic carbocycles. The monoisotopic (exact) mass is 292 g/mol. The molecule has 0 aromatic heterocycles. The number of hydrogen-bond donors (Lipinski definition) is 1. The highest BCUT2D eigenvalue weighted by Gasteiger charge is 2.43. The summed E-state index contributed by atoms with van der Waals surface area (Å²) in [6.07, 6.45) is 2.22. The Balaban J connectivity index is 1.76. The summed E-state index contributed by atoms with van der Waals surface area (Å²) in [7, 11) is 1.66. The molecule has 2 heterocycles. The van der Waals surface area contributed by atoms with E-state index in [4.69, 9.17) is 14.2 Å². The number of aliphatic hydroxyl groups is 1. The minimum Gasteiger partial charge on any atom is -0.496 e. The lowest BCUT2D eigenvalue weighted by Crippen LogP contribution is -2.41. The van der Waals surface area contributed by atoms with Crippen molar-refractivity contribution in [3.05, 3.63) is 29.3 Å². The van der Waals surface area contributed by atoms with Crippen molar-refractivity contribution >= 4 is 0 Å². The van der Waals surface area contributed by atoms with E-state index in [1.54, 1.807) is 7.11 Å². The third kappa shape index (κ3) is 2.93. The minimum absolute atomic E-state index is 0.168. The van der Waals surface area contributed by atoms with E-state index < -0.39 is 6.10 Å². The third-order valence-electron chi connectivity index (χ3n) is 4.82. The minimum atomic E-state index is -0.471. The lowest BCUT2D eigenvalue weighted by atomic mass is 9.80. The average molecular weight is 292 g/mol. The lowest BCUT2D eigenvalue weighted by Gasteiger charge is -2.39. The molecular formula is C17H24O4. The maximum Gasteiger partial charge on any atom is 0.122 e. The summed E-state index contributed by atoms with van der Waals surface area (Å²) < 4.78 is 16.8. The standard InChI is InChI=1S/C17H24O4/c1-12-3-4-13(9-15(12)19-2)16(18)14-5-7-21-17(10-14)6-8-20-11-17/h3-4,9,14,16,18H,5-8,10-11H2,1-2H3. The summed E-state index contributed by atoms with van der Waals surface area (Å²) in [5.74, 6) is 1.05. The van der Waals surface area contributed by atoms with Gasteiger partial charge in [-0.25, -0.2) is 0 Å². The molecule has 4 heteroatoms. The van der Waals surface area contributed by atoms with Gasteiger partial charge in [0.05, 0.1) is 25.4 Å². The Labute approximate surface area is 126 Å². The Hall–Kier alpha value is -1.10. The average Bonchev–Trinajstić information content (AvgIpc) is 2.95. The molecule has 1 spiro atoms. The Kier molecular flexibility index (Phi) is 4.20. The fraction of sp³-hybridized carbons (Fsp3) is 0.647. The number of ether oxygens (including phenoxy) is 3. The van der Waals surface area contributed by atoms with E-state index in [-0.39, 0.29) is 11.5 Å². The van der Waals surface area contributed by atoms with Gasteiger partial charge in [-0.15, -0.1) is 0 Å². The molecular weight excluding hydrogens is 268 g/mol. The molecule has 21 heavy (non-hydrogen) atoms. The van der Waals surface area contributed by atoms with E-state index in [9.17, 15) is 5.11 Å². The van der Waals surface area contributed by atoms with Crippen LogP contribution in [0.3, 0.4) is 0 Å². The summed E-state index contributed by atoms with van der Waals surface area (Å²) in [5, 5.41) is 10.7. The van der Waals surface area contributed by atoms with Gasteiger partial charge >= 0.3 is 0 Å². The Morgan fingerprint density at radius 2 is 2.24 bits per heavy atom. The van der Waals surface area contributed by atoms with Gasteiger partial charge in [0.2, 0.25) is 0 Å². The summed E-state index contributed by atoms with van der Waals surface area (Å²) in [6.45, 7) is 4.14. The molecule has 1 aromatic carbocycles. The first kappa shape index (κ1) is 14.8. The van der Waals surface area contributed by atoms with E-state index in [2.05, 4.69) is 0 Å². The lowest BCUT2D eigenvalue weighted by molar-refractivity contribution is -0.117. The summed E-state index contributed by atoms with van der Waals surface area (Å²) in [6, 6.07) is 5.95. The van der Waals surface area contributed by atoms with E-state index in [1.807, 2.05) is 25.1 Å². The smallest absolute Gasteiger partial charge is 0.122 e. The predicted molar refractivity (Wildman–Crippen MR) is 79.5 cm³/mol. The van der Waals surface area contributed by atoms with Gasteiger partial charge in [-0.3, -0.25) is 0 Å². The number of benzene rings is 1. The van der Waals surface area contributed by atoms with Gasteiger partial charge in [0.1, 0.15) is 5.75 Å². The van der Waals surface area contributed by atoms with Crippen LogP contribution < -0.4 is 4.74 Å². The Morgan fingerprint density at radius 3 is 2.95 bits per heavy atom. The van der Waals surface area contributed by atoms with Gasteiger partial charge in [0, 0.05) is 19.6 Å². The van der Waals surface area contributed by atoms with Crippen LogP contribution in [-0.4, -0.2) is 37.6 Å². The normalized spacial score (nSPS) is 30.5. The van der Waals surface area contributed by atoms with Gasteiger partial charge in [-0.2, -0.15) is 0 Å². The van der Waals surface area contributed by atoms with Crippen LogP contribution >= 0.6 is 0 Å². The van der Waals surface area contributed by atoms with E-state index >= 15 is 0 Å². The second-order valence-electron chi connectivity index (χ2n) is 6.26. The van der Waals surface area contributed by atoms with Gasteiger partial charge in [0.25, 0.3) is 0 Å². The van der Waals surface area contributed by atoms with Crippen molar-refractivity contribution in [1.29, 1.82) is 0 Å². The molecule has 1 N–H and O–H groups in total. The number of aryl methyl sites for hydroxylation is 1. The molecule has 2 fully saturated rings. The molecule has 4 nitrogen and oxygen atoms in total. The second-order valence-corrected chi connectivity index (χ2v) is 6.26. The largest absolute Gasteiger partial charge is 0.496 e. The topological polar surface area (TPSA) is 47.9 Å². The van der Waals surface area contributed by atoms with Crippen molar-refractivity contribution in [2.24, 2.45) is 5.92 Å². The van der Waals surface area contributed by atoms with Crippen LogP contribution in [0.25, 0.3) is 0 Å². The molecule has 3 rings (SSSR count). The fourth-order valence-electron chi connectivity index (χ4n) is 3.49. The van der Waals surface area contributed by atoms with Crippen molar-refractivity contribution in [1.82, 2.24) is 0 Å². The van der Waals surface area contributed by atoms with Crippen LogP contribution in [0.4, 0.5) is 0 Å². The van der Waals surface area contributed by atoms with Crippen LogP contribution in [0.5, 0.6) is 5.75 Å². The zero-order chi connectivity index (χ0) is 14.9. The van der Waals surface area contributed by atoms with Crippen molar-refractivity contribution in [2.45, 2.75) is 37.9 Å². The van der Waals surface area contributed by atoms with E-state index in [0.29, 0.717) is 13.2 Å². The summed E-state index contributed by atoms with van der Waals surface area (Å²) >= 11 is 0. The Bertz CT molecular complexity index is 494. The molecule has 0 radical (unpaired) electrons. The highest BCUT2D eigenvalue weighted by molar-refractivity contribution is 5.37. The van der Waals surface area contributed by atoms with Gasteiger partial charge in [-0.1, -0.05) is 12.1 Å². The van der Waals surface area contributed by atoms with E-state index in [1.165, 1.54) is 0 Å². The van der Waals surface area contributed by atoms with E-state index in [0.717, 1.165) is 42.7 Å². The first-order valence-corrected chi connectivity index (χ1v) is 7.68. The van der Waals surface area contributed by atoms with Gasteiger partial charge in [0.15, 0.2) is 0 Å². The molecule has 3 atom stereocenters. The molecule has 0 saturated carbocycles. The molecule has 0 bridgehead atoms. The van der Waals surface area contributed by atoms with Crippen molar-refractivity contribution in [2.75, 3.05) is 26.9 Å². The number of aliphatic hydroxyl groups excluding tert-OH is 1. The number of hydrogen-bond acceptors (Lipinski definition) is 4. The van der Waals surface area contributed by atoms with Crippen molar-refractivity contribution in [3.8, 4) is 5.75 Å². The maximum atomic E-state index is 10.7.